The summed E-state index contributed by atoms with van der Waals surface area (Å²) in [6.45, 7) is 0.279. The van der Waals surface area contributed by atoms with Gasteiger partial charge in [0.25, 0.3) is 0 Å². The minimum absolute atomic E-state index is 0.0176. The Morgan fingerprint density at radius 3 is 2.44 bits per heavy atom. The van der Waals surface area contributed by atoms with E-state index in [2.05, 4.69) is 0 Å². The molecule has 0 radical (unpaired) electrons. The number of nitrogens with zero attached hydrogens (tertiary/aromatic N) is 1. The highest BCUT2D eigenvalue weighted by Crippen LogP contribution is 2.31. The minimum Gasteiger partial charge on any atom is -0.497 e. The number of ether oxygens (including phenoxy) is 1. The topological polar surface area (TPSA) is 113 Å². The summed E-state index contributed by atoms with van der Waals surface area (Å²) >= 11 is 0. The summed E-state index contributed by atoms with van der Waals surface area (Å²) in [6.07, 6.45) is -0.123. The number of carboxylic acid groups (broad SMARTS) is 2. The highest BCUT2D eigenvalue weighted by Gasteiger charge is 2.49. The van der Waals surface area contributed by atoms with Crippen molar-refractivity contribution in [2.75, 3.05) is 13.7 Å². The number of benzene rings is 2. The van der Waals surface area contributed by atoms with Gasteiger partial charge in [0.05, 0.1) is 7.11 Å². The summed E-state index contributed by atoms with van der Waals surface area (Å²) in [5.41, 5.74) is 7.21. The van der Waals surface area contributed by atoms with Crippen LogP contribution in [0.15, 0.2) is 48.5 Å². The highest BCUT2D eigenvalue weighted by molar-refractivity contribution is 5.83. The van der Waals surface area contributed by atoms with Gasteiger partial charge in [-0.15, -0.1) is 0 Å². The first-order valence-corrected chi connectivity index (χ1v) is 8.55. The number of carbonyl (C=O) groups is 2. The fourth-order valence-corrected chi connectivity index (χ4v) is 3.50. The first kappa shape index (κ1) is 18.9. The summed E-state index contributed by atoms with van der Waals surface area (Å²) in [6, 6.07) is 14.3. The molecule has 7 nitrogen and oxygen atoms in total. The first-order chi connectivity index (χ1) is 12.8. The van der Waals surface area contributed by atoms with E-state index in [1.807, 2.05) is 48.5 Å². The Labute approximate surface area is 157 Å². The molecule has 1 heterocycles. The smallest absolute Gasteiger partial charge is 0.325 e. The maximum Gasteiger partial charge on any atom is 0.325 e. The molecule has 0 amide bonds. The summed E-state index contributed by atoms with van der Waals surface area (Å²) in [5.74, 6) is -1.50. The molecule has 2 aromatic rings. The van der Waals surface area contributed by atoms with Gasteiger partial charge in [0.1, 0.15) is 17.3 Å². The number of methoxy groups -OCH3 is 1. The van der Waals surface area contributed by atoms with Crippen LogP contribution in [0.25, 0.3) is 11.1 Å². The van der Waals surface area contributed by atoms with E-state index in [1.165, 1.54) is 0 Å². The van der Waals surface area contributed by atoms with Gasteiger partial charge in [0, 0.05) is 19.5 Å². The van der Waals surface area contributed by atoms with Crippen molar-refractivity contribution >= 4 is 11.9 Å². The lowest BCUT2D eigenvalue weighted by atomic mass is 9.98. The van der Waals surface area contributed by atoms with Gasteiger partial charge in [-0.05, 0) is 28.8 Å². The van der Waals surface area contributed by atoms with Gasteiger partial charge in [-0.1, -0.05) is 36.4 Å². The Balaban J connectivity index is 1.91. The number of aliphatic carboxylic acids is 2. The van der Waals surface area contributed by atoms with Gasteiger partial charge in [-0.3, -0.25) is 14.5 Å². The molecule has 1 aliphatic rings. The third-order valence-electron chi connectivity index (χ3n) is 4.99. The molecular weight excluding hydrogens is 348 g/mol. The van der Waals surface area contributed by atoms with Crippen LogP contribution in [0.5, 0.6) is 5.75 Å². The third-order valence-corrected chi connectivity index (χ3v) is 4.99. The van der Waals surface area contributed by atoms with Gasteiger partial charge in [-0.2, -0.15) is 0 Å². The van der Waals surface area contributed by atoms with E-state index in [-0.39, 0.29) is 13.0 Å². The zero-order chi connectivity index (χ0) is 19.6. The minimum atomic E-state index is -1.56. The van der Waals surface area contributed by atoms with Gasteiger partial charge in [0.15, 0.2) is 0 Å². The van der Waals surface area contributed by atoms with E-state index >= 15 is 0 Å². The molecule has 1 fully saturated rings. The molecule has 27 heavy (non-hydrogen) atoms. The zero-order valence-corrected chi connectivity index (χ0v) is 15.0. The third kappa shape index (κ3) is 3.79. The number of carboxylic acids is 2. The van der Waals surface area contributed by atoms with E-state index in [4.69, 9.17) is 10.5 Å². The molecule has 0 aromatic heterocycles. The van der Waals surface area contributed by atoms with Gasteiger partial charge in [-0.25, -0.2) is 0 Å². The molecule has 0 aliphatic carbocycles. The van der Waals surface area contributed by atoms with Crippen LogP contribution in [0.1, 0.15) is 12.0 Å². The molecule has 0 saturated carbocycles. The van der Waals surface area contributed by atoms with E-state index in [0.29, 0.717) is 6.54 Å². The van der Waals surface area contributed by atoms with Crippen molar-refractivity contribution in [3.8, 4) is 16.9 Å². The lowest BCUT2D eigenvalue weighted by Gasteiger charge is -2.23. The average Bonchev–Trinajstić information content (AvgIpc) is 3.00. The Morgan fingerprint density at radius 1 is 1.19 bits per heavy atom. The van der Waals surface area contributed by atoms with Crippen LogP contribution < -0.4 is 10.5 Å². The molecule has 4 N–H and O–H groups in total. The van der Waals surface area contributed by atoms with E-state index in [0.717, 1.165) is 22.4 Å². The van der Waals surface area contributed by atoms with Crippen LogP contribution in [0.3, 0.4) is 0 Å². The second-order valence-electron chi connectivity index (χ2n) is 6.81. The predicted octanol–water partition coefficient (Wildman–Crippen LogP) is 1.80. The quantitative estimate of drug-likeness (QED) is 0.710. The van der Waals surface area contributed by atoms with Crippen LogP contribution in [0.4, 0.5) is 0 Å². The van der Waals surface area contributed by atoms with E-state index in [1.54, 1.807) is 12.0 Å². The Kier molecular flexibility index (Phi) is 5.16. The monoisotopic (exact) mass is 370 g/mol. The van der Waals surface area contributed by atoms with Crippen molar-refractivity contribution in [1.82, 2.24) is 4.90 Å². The second kappa shape index (κ2) is 7.38. The van der Waals surface area contributed by atoms with Crippen molar-refractivity contribution in [3.63, 3.8) is 0 Å². The van der Waals surface area contributed by atoms with Gasteiger partial charge >= 0.3 is 11.9 Å². The Bertz CT molecular complexity index is 852. The molecule has 2 unspecified atom stereocenters. The maximum atomic E-state index is 11.6. The molecule has 2 atom stereocenters. The van der Waals surface area contributed by atoms with Crippen molar-refractivity contribution in [1.29, 1.82) is 0 Å². The number of hydrogen-bond acceptors (Lipinski definition) is 5. The molecule has 0 spiro atoms. The van der Waals surface area contributed by atoms with Crippen LogP contribution in [-0.4, -0.2) is 52.3 Å². The van der Waals surface area contributed by atoms with Gasteiger partial charge in [0.2, 0.25) is 0 Å². The molecule has 1 aliphatic heterocycles. The Hall–Kier alpha value is -2.90. The SMILES string of the molecule is COc1ccc(-c2ccccc2CN2CC(N)(C(=O)O)CC2C(=O)O)cc1. The number of rotatable bonds is 6. The molecule has 3 rings (SSSR count). The van der Waals surface area contributed by atoms with Crippen LogP contribution >= 0.6 is 0 Å². The van der Waals surface area contributed by atoms with E-state index < -0.39 is 23.5 Å². The van der Waals surface area contributed by atoms with Crippen molar-refractivity contribution in [3.05, 3.63) is 54.1 Å². The summed E-state index contributed by atoms with van der Waals surface area (Å²) in [5, 5.41) is 18.9. The average molecular weight is 370 g/mol. The fourth-order valence-electron chi connectivity index (χ4n) is 3.50. The lowest BCUT2D eigenvalue weighted by Crippen LogP contribution is -2.50. The molecule has 142 valence electrons. The normalized spacial score (nSPS) is 22.5. The predicted molar refractivity (Wildman–Crippen MR) is 99.4 cm³/mol. The van der Waals surface area contributed by atoms with Crippen molar-refractivity contribution in [2.45, 2.75) is 24.5 Å². The maximum absolute atomic E-state index is 11.6. The lowest BCUT2D eigenvalue weighted by molar-refractivity contribution is -0.142. The zero-order valence-electron chi connectivity index (χ0n) is 15.0. The largest absolute Gasteiger partial charge is 0.497 e. The number of likely N-dealkylation sites (tertiary alicyclic amines) is 1. The molecule has 2 aromatic carbocycles. The molecule has 7 heteroatoms. The molecule has 1 saturated heterocycles. The first-order valence-electron chi connectivity index (χ1n) is 8.55. The number of hydrogen-bond donors (Lipinski definition) is 3. The van der Waals surface area contributed by atoms with Crippen LogP contribution in [0, 0.1) is 0 Å². The molecular formula is C20H22N2O5. The molecule has 0 bridgehead atoms. The summed E-state index contributed by atoms with van der Waals surface area (Å²) in [4.78, 5) is 24.7. The van der Waals surface area contributed by atoms with Crippen molar-refractivity contribution in [2.24, 2.45) is 5.73 Å². The highest BCUT2D eigenvalue weighted by atomic mass is 16.5. The fraction of sp³-hybridized carbons (Fsp3) is 0.300. The van der Waals surface area contributed by atoms with Crippen LogP contribution in [-0.2, 0) is 16.1 Å². The van der Waals surface area contributed by atoms with Crippen LogP contribution in [0.2, 0.25) is 0 Å². The van der Waals surface area contributed by atoms with Crippen molar-refractivity contribution < 1.29 is 24.5 Å². The van der Waals surface area contributed by atoms with E-state index in [9.17, 15) is 19.8 Å². The Morgan fingerprint density at radius 2 is 1.85 bits per heavy atom. The number of nitrogens with two attached hydrogens (primary N) is 1. The van der Waals surface area contributed by atoms with Gasteiger partial charge < -0.3 is 20.7 Å². The standard InChI is InChI=1S/C20H22N2O5/c1-27-15-8-6-13(7-9-15)16-5-3-2-4-14(16)11-22-12-20(21,19(25)26)10-17(22)18(23)24/h2-9,17H,10-12,21H2,1H3,(H,23,24)(H,25,26). The summed E-state index contributed by atoms with van der Waals surface area (Å²) in [7, 11) is 1.60. The summed E-state index contributed by atoms with van der Waals surface area (Å²) < 4.78 is 5.19. The second-order valence-corrected chi connectivity index (χ2v) is 6.81.